The Morgan fingerprint density at radius 2 is 2.00 bits per heavy atom. The molecule has 3 atom stereocenters. The molecule has 0 amide bonds. The van der Waals surface area contributed by atoms with E-state index in [9.17, 15) is 4.39 Å². The molecule has 0 nitrogen and oxygen atoms in total. The van der Waals surface area contributed by atoms with Gasteiger partial charge in [-0.25, -0.2) is 4.39 Å². The lowest BCUT2D eigenvalue weighted by molar-refractivity contribution is 0.215. The van der Waals surface area contributed by atoms with Crippen molar-refractivity contribution in [1.29, 1.82) is 0 Å². The van der Waals surface area contributed by atoms with Crippen molar-refractivity contribution in [1.82, 2.24) is 0 Å². The van der Waals surface area contributed by atoms with Crippen molar-refractivity contribution in [3.8, 4) is 0 Å². The third-order valence-electron chi connectivity index (χ3n) is 2.36. The van der Waals surface area contributed by atoms with Crippen LogP contribution in [0.5, 0.6) is 0 Å². The lowest BCUT2D eigenvalue weighted by atomic mass is 9.93. The monoisotopic (exact) mass is 162 g/mol. The topological polar surface area (TPSA) is 0 Å². The Bertz CT molecular complexity index is 114. The van der Waals surface area contributed by atoms with Gasteiger partial charge in [0.1, 0.15) is 6.17 Å². The van der Waals surface area contributed by atoms with E-state index in [4.69, 9.17) is 0 Å². The summed E-state index contributed by atoms with van der Waals surface area (Å²) in [6, 6.07) is 0. The van der Waals surface area contributed by atoms with Crippen molar-refractivity contribution < 1.29 is 4.39 Å². The van der Waals surface area contributed by atoms with Crippen molar-refractivity contribution >= 4 is 12.6 Å². The number of halogens is 1. The van der Waals surface area contributed by atoms with Crippen LogP contribution in [0.4, 0.5) is 4.39 Å². The van der Waals surface area contributed by atoms with Crippen molar-refractivity contribution in [2.24, 2.45) is 11.8 Å². The molecule has 1 rings (SSSR count). The molecule has 0 N–H and O–H groups in total. The van der Waals surface area contributed by atoms with Crippen LogP contribution in [0.2, 0.25) is 0 Å². The summed E-state index contributed by atoms with van der Waals surface area (Å²) in [5.74, 6) is 0.745. The Labute approximate surface area is 67.6 Å². The number of hydrogen-bond donors (Lipinski definition) is 1. The molecule has 60 valence electrons. The van der Waals surface area contributed by atoms with Crippen LogP contribution in [-0.2, 0) is 0 Å². The van der Waals surface area contributed by atoms with Crippen LogP contribution >= 0.6 is 12.6 Å². The van der Waals surface area contributed by atoms with Crippen LogP contribution in [0.25, 0.3) is 0 Å². The van der Waals surface area contributed by atoms with E-state index in [0.29, 0.717) is 17.6 Å². The maximum atomic E-state index is 13.0. The van der Waals surface area contributed by atoms with Gasteiger partial charge in [-0.1, -0.05) is 13.8 Å². The van der Waals surface area contributed by atoms with E-state index in [-0.39, 0.29) is 5.92 Å². The minimum absolute atomic E-state index is 0.266. The molecule has 0 aromatic heterocycles. The van der Waals surface area contributed by atoms with E-state index in [1.165, 1.54) is 0 Å². The molecule has 0 aromatic rings. The second kappa shape index (κ2) is 3.12. The molecule has 0 aromatic carbocycles. The zero-order valence-corrected chi connectivity index (χ0v) is 7.44. The van der Waals surface area contributed by atoms with Gasteiger partial charge < -0.3 is 0 Å². The summed E-state index contributed by atoms with van der Waals surface area (Å²) in [5.41, 5.74) is 0. The van der Waals surface area contributed by atoms with Gasteiger partial charge in [0, 0.05) is 5.25 Å². The Morgan fingerprint density at radius 1 is 1.40 bits per heavy atom. The van der Waals surface area contributed by atoms with E-state index in [1.54, 1.807) is 0 Å². The predicted octanol–water partition coefficient (Wildman–Crippen LogP) is 2.69. The summed E-state index contributed by atoms with van der Waals surface area (Å²) >= 11 is 4.27. The lowest BCUT2D eigenvalue weighted by Crippen LogP contribution is -2.14. The summed E-state index contributed by atoms with van der Waals surface area (Å²) in [6.07, 6.45) is 1.02. The summed E-state index contributed by atoms with van der Waals surface area (Å²) in [4.78, 5) is 0. The van der Waals surface area contributed by atoms with Gasteiger partial charge in [-0.2, -0.15) is 12.6 Å². The molecule has 0 bridgehead atoms. The van der Waals surface area contributed by atoms with Gasteiger partial charge in [0.05, 0.1) is 0 Å². The smallest absolute Gasteiger partial charge is 0.104 e. The molecule has 1 saturated carbocycles. The fourth-order valence-electron chi connectivity index (χ4n) is 1.68. The van der Waals surface area contributed by atoms with Crippen LogP contribution < -0.4 is 0 Å². The Kier molecular flexibility index (Phi) is 2.61. The van der Waals surface area contributed by atoms with Crippen LogP contribution in [-0.4, -0.2) is 11.4 Å². The van der Waals surface area contributed by atoms with Gasteiger partial charge in [-0.05, 0) is 24.7 Å². The maximum Gasteiger partial charge on any atom is 0.104 e. The molecular formula is C8H15FS. The molecule has 0 heterocycles. The Balaban J connectivity index is 2.46. The fraction of sp³-hybridized carbons (Fsp3) is 1.00. The quantitative estimate of drug-likeness (QED) is 0.563. The highest BCUT2D eigenvalue weighted by Gasteiger charge is 2.34. The molecule has 0 saturated heterocycles. The zero-order chi connectivity index (χ0) is 7.72. The molecule has 0 aliphatic heterocycles. The van der Waals surface area contributed by atoms with Gasteiger partial charge in [-0.15, -0.1) is 0 Å². The van der Waals surface area contributed by atoms with E-state index < -0.39 is 6.17 Å². The lowest BCUT2D eigenvalue weighted by Gasteiger charge is -2.15. The fourth-order valence-corrected chi connectivity index (χ4v) is 2.13. The van der Waals surface area contributed by atoms with E-state index in [1.807, 2.05) is 0 Å². The predicted molar refractivity (Wildman–Crippen MR) is 45.2 cm³/mol. The molecule has 1 aliphatic carbocycles. The van der Waals surface area contributed by atoms with Crippen LogP contribution in [0, 0.1) is 11.8 Å². The molecule has 2 heteroatoms. The molecule has 10 heavy (non-hydrogen) atoms. The average Bonchev–Trinajstić information content (AvgIpc) is 2.10. The Morgan fingerprint density at radius 3 is 2.20 bits per heavy atom. The summed E-state index contributed by atoms with van der Waals surface area (Å²) in [6.45, 7) is 4.17. The first-order valence-corrected chi connectivity index (χ1v) is 4.45. The van der Waals surface area contributed by atoms with E-state index in [2.05, 4.69) is 26.5 Å². The minimum Gasteiger partial charge on any atom is -0.247 e. The molecule has 1 fully saturated rings. The second-order valence-corrected chi connectivity index (χ2v) is 4.28. The SMILES string of the molecule is CC(C)C1CC(S)CC1F. The van der Waals surface area contributed by atoms with Crippen LogP contribution in [0.1, 0.15) is 26.7 Å². The van der Waals surface area contributed by atoms with Crippen LogP contribution in [0.3, 0.4) is 0 Å². The van der Waals surface area contributed by atoms with E-state index in [0.717, 1.165) is 6.42 Å². The standard InChI is InChI=1S/C8H15FS/c1-5(2)7-3-6(10)4-8(7)9/h5-8,10H,3-4H2,1-2H3. The van der Waals surface area contributed by atoms with Gasteiger partial charge in [-0.3, -0.25) is 0 Å². The number of hydrogen-bond acceptors (Lipinski definition) is 1. The van der Waals surface area contributed by atoms with Crippen molar-refractivity contribution in [2.75, 3.05) is 0 Å². The molecule has 1 aliphatic rings. The number of alkyl halides is 1. The summed E-state index contributed by atoms with van der Waals surface area (Å²) in [5, 5.41) is 0.308. The van der Waals surface area contributed by atoms with Gasteiger partial charge >= 0.3 is 0 Å². The molecular weight excluding hydrogens is 147 g/mol. The molecule has 0 spiro atoms. The second-order valence-electron chi connectivity index (χ2n) is 3.55. The first kappa shape index (κ1) is 8.38. The average molecular weight is 162 g/mol. The number of thiol groups is 1. The van der Waals surface area contributed by atoms with Crippen molar-refractivity contribution in [2.45, 2.75) is 38.1 Å². The molecule has 3 unspecified atom stereocenters. The summed E-state index contributed by atoms with van der Waals surface area (Å²) < 4.78 is 13.0. The van der Waals surface area contributed by atoms with E-state index >= 15 is 0 Å². The minimum atomic E-state index is -0.595. The Hall–Kier alpha value is 0.280. The highest BCUT2D eigenvalue weighted by atomic mass is 32.1. The first-order chi connectivity index (χ1) is 4.61. The first-order valence-electron chi connectivity index (χ1n) is 3.93. The van der Waals surface area contributed by atoms with Gasteiger partial charge in [0.25, 0.3) is 0 Å². The van der Waals surface area contributed by atoms with Crippen molar-refractivity contribution in [3.05, 3.63) is 0 Å². The zero-order valence-electron chi connectivity index (χ0n) is 6.55. The summed E-state index contributed by atoms with van der Waals surface area (Å²) in [7, 11) is 0. The van der Waals surface area contributed by atoms with Gasteiger partial charge in [0.2, 0.25) is 0 Å². The van der Waals surface area contributed by atoms with Crippen LogP contribution in [0.15, 0.2) is 0 Å². The maximum absolute atomic E-state index is 13.0. The largest absolute Gasteiger partial charge is 0.247 e. The third kappa shape index (κ3) is 1.66. The normalized spacial score (nSPS) is 41.1. The van der Waals surface area contributed by atoms with Crippen molar-refractivity contribution in [3.63, 3.8) is 0 Å². The highest BCUT2D eigenvalue weighted by Crippen LogP contribution is 2.36. The third-order valence-corrected chi connectivity index (χ3v) is 2.78. The molecule has 0 radical (unpaired) electrons. The highest BCUT2D eigenvalue weighted by molar-refractivity contribution is 7.80. The van der Waals surface area contributed by atoms with Gasteiger partial charge in [0.15, 0.2) is 0 Å². The number of rotatable bonds is 1.